The predicted octanol–water partition coefficient (Wildman–Crippen LogP) is 3.40. The first-order valence-electron chi connectivity index (χ1n) is 10.3. The third-order valence-electron chi connectivity index (χ3n) is 5.34. The van der Waals surface area contributed by atoms with Gasteiger partial charge in [0.05, 0.1) is 36.1 Å². The number of nitrogens with zero attached hydrogens (tertiary/aromatic N) is 3. The van der Waals surface area contributed by atoms with Crippen LogP contribution in [-0.4, -0.2) is 62.2 Å². The van der Waals surface area contributed by atoms with Crippen molar-refractivity contribution in [1.29, 1.82) is 0 Å². The minimum Gasteiger partial charge on any atom is -0.493 e. The van der Waals surface area contributed by atoms with Crippen LogP contribution in [0, 0.1) is 10.1 Å². The van der Waals surface area contributed by atoms with Crippen LogP contribution in [0.5, 0.6) is 11.5 Å². The zero-order chi connectivity index (χ0) is 22.4. The van der Waals surface area contributed by atoms with Gasteiger partial charge < -0.3 is 24.6 Å². The number of amides is 1. The highest BCUT2D eigenvalue weighted by atomic mass is 16.6. The highest BCUT2D eigenvalue weighted by Gasteiger charge is 2.26. The fourth-order valence-electron chi connectivity index (χ4n) is 3.66. The SMILES string of the molecule is CCOc1cc(C(=O)Nc2ccccc2N2CCN(CC)CC2)c([N+](=O)[O-])cc1OC. The molecule has 1 heterocycles. The lowest BCUT2D eigenvalue weighted by Gasteiger charge is -2.36. The minimum atomic E-state index is -0.594. The number of nitro groups is 1. The van der Waals surface area contributed by atoms with Gasteiger partial charge in [0.25, 0.3) is 11.6 Å². The molecule has 0 aromatic heterocycles. The number of benzene rings is 2. The molecule has 0 bridgehead atoms. The lowest BCUT2D eigenvalue weighted by Crippen LogP contribution is -2.46. The molecule has 0 spiro atoms. The number of carbonyl (C=O) groups is 1. The Morgan fingerprint density at radius 1 is 1.13 bits per heavy atom. The summed E-state index contributed by atoms with van der Waals surface area (Å²) < 4.78 is 10.7. The Balaban J connectivity index is 1.90. The number of para-hydroxylation sites is 2. The molecule has 0 unspecified atom stereocenters. The number of ether oxygens (including phenoxy) is 2. The van der Waals surface area contributed by atoms with Crippen molar-refractivity contribution in [3.8, 4) is 11.5 Å². The number of anilines is 2. The number of piperazine rings is 1. The molecule has 1 amide bonds. The van der Waals surface area contributed by atoms with Crippen molar-refractivity contribution in [2.24, 2.45) is 0 Å². The zero-order valence-electron chi connectivity index (χ0n) is 18.1. The van der Waals surface area contributed by atoms with E-state index in [1.165, 1.54) is 19.2 Å². The van der Waals surface area contributed by atoms with E-state index < -0.39 is 10.8 Å². The van der Waals surface area contributed by atoms with E-state index in [0.717, 1.165) is 38.4 Å². The van der Waals surface area contributed by atoms with Crippen LogP contribution in [0.2, 0.25) is 0 Å². The van der Waals surface area contributed by atoms with Gasteiger partial charge in [-0.1, -0.05) is 19.1 Å². The molecule has 2 aromatic rings. The van der Waals surface area contributed by atoms with E-state index in [4.69, 9.17) is 9.47 Å². The second-order valence-electron chi connectivity index (χ2n) is 7.10. The summed E-state index contributed by atoms with van der Waals surface area (Å²) in [6.45, 7) is 8.85. The molecule has 9 nitrogen and oxygen atoms in total. The van der Waals surface area contributed by atoms with Gasteiger partial charge in [-0.2, -0.15) is 0 Å². The van der Waals surface area contributed by atoms with Crippen molar-refractivity contribution in [3.63, 3.8) is 0 Å². The first-order valence-corrected chi connectivity index (χ1v) is 10.3. The van der Waals surface area contributed by atoms with Crippen molar-refractivity contribution in [1.82, 2.24) is 4.90 Å². The van der Waals surface area contributed by atoms with Crippen molar-refractivity contribution in [2.75, 3.05) is 56.7 Å². The quantitative estimate of drug-likeness (QED) is 0.508. The average Bonchev–Trinajstić information content (AvgIpc) is 2.79. The standard InChI is InChI=1S/C22H28N4O5/c1-4-24-10-12-25(13-11-24)18-9-7-6-8-17(18)23-22(27)16-14-21(31-5-2)20(30-3)15-19(16)26(28)29/h6-9,14-15H,4-5,10-13H2,1-3H3,(H,23,27). The summed E-state index contributed by atoms with van der Waals surface area (Å²) in [6, 6.07) is 10.1. The van der Waals surface area contributed by atoms with Gasteiger partial charge >= 0.3 is 0 Å². The number of hydrogen-bond donors (Lipinski definition) is 1. The van der Waals surface area contributed by atoms with E-state index in [0.29, 0.717) is 12.3 Å². The molecular formula is C22H28N4O5. The third kappa shape index (κ3) is 5.05. The number of carbonyl (C=O) groups excluding carboxylic acids is 1. The number of nitrogens with one attached hydrogen (secondary N) is 1. The maximum Gasteiger partial charge on any atom is 0.286 e. The lowest BCUT2D eigenvalue weighted by atomic mass is 10.1. The normalized spacial score (nSPS) is 14.2. The highest BCUT2D eigenvalue weighted by molar-refractivity contribution is 6.09. The number of methoxy groups -OCH3 is 1. The summed E-state index contributed by atoms with van der Waals surface area (Å²) in [7, 11) is 1.40. The minimum absolute atomic E-state index is 0.0835. The van der Waals surface area contributed by atoms with Crippen LogP contribution in [0.3, 0.4) is 0 Å². The van der Waals surface area contributed by atoms with Gasteiger partial charge in [-0.15, -0.1) is 0 Å². The average molecular weight is 428 g/mol. The molecule has 0 aliphatic carbocycles. The van der Waals surface area contributed by atoms with Crippen LogP contribution in [-0.2, 0) is 0 Å². The summed E-state index contributed by atoms with van der Waals surface area (Å²) in [4.78, 5) is 28.7. The van der Waals surface area contributed by atoms with E-state index in [9.17, 15) is 14.9 Å². The van der Waals surface area contributed by atoms with Crippen LogP contribution >= 0.6 is 0 Å². The molecular weight excluding hydrogens is 400 g/mol. The van der Waals surface area contributed by atoms with Gasteiger partial charge in [-0.25, -0.2) is 0 Å². The van der Waals surface area contributed by atoms with Crippen LogP contribution in [0.1, 0.15) is 24.2 Å². The van der Waals surface area contributed by atoms with Gasteiger partial charge in [-0.05, 0) is 25.6 Å². The van der Waals surface area contributed by atoms with Gasteiger partial charge in [0, 0.05) is 32.2 Å². The largest absolute Gasteiger partial charge is 0.493 e. The van der Waals surface area contributed by atoms with Crippen molar-refractivity contribution in [2.45, 2.75) is 13.8 Å². The topological polar surface area (TPSA) is 97.2 Å². The number of hydrogen-bond acceptors (Lipinski definition) is 7. The monoisotopic (exact) mass is 428 g/mol. The second-order valence-corrected chi connectivity index (χ2v) is 7.10. The molecule has 1 saturated heterocycles. The Morgan fingerprint density at radius 2 is 1.84 bits per heavy atom. The Hall–Kier alpha value is -3.33. The molecule has 1 N–H and O–H groups in total. The number of nitro benzene ring substituents is 1. The van der Waals surface area contributed by atoms with Crippen LogP contribution in [0.25, 0.3) is 0 Å². The molecule has 31 heavy (non-hydrogen) atoms. The van der Waals surface area contributed by atoms with Gasteiger partial charge in [-0.3, -0.25) is 14.9 Å². The fraction of sp³-hybridized carbons (Fsp3) is 0.409. The molecule has 9 heteroatoms. The van der Waals surface area contributed by atoms with E-state index >= 15 is 0 Å². The maximum absolute atomic E-state index is 13.1. The molecule has 2 aromatic carbocycles. The van der Waals surface area contributed by atoms with E-state index in [1.54, 1.807) is 13.0 Å². The summed E-state index contributed by atoms with van der Waals surface area (Å²) >= 11 is 0. The smallest absolute Gasteiger partial charge is 0.286 e. The molecule has 3 rings (SSSR count). The Bertz CT molecular complexity index is 941. The molecule has 1 aliphatic heterocycles. The van der Waals surface area contributed by atoms with Gasteiger partial charge in [0.1, 0.15) is 5.56 Å². The Morgan fingerprint density at radius 3 is 2.45 bits per heavy atom. The second kappa shape index (κ2) is 10.1. The number of likely N-dealkylation sites (N-methyl/N-ethyl adjacent to an activating group) is 1. The molecule has 166 valence electrons. The van der Waals surface area contributed by atoms with Crippen molar-refractivity contribution in [3.05, 3.63) is 52.1 Å². The fourth-order valence-corrected chi connectivity index (χ4v) is 3.66. The maximum atomic E-state index is 13.1. The lowest BCUT2D eigenvalue weighted by molar-refractivity contribution is -0.385. The number of rotatable bonds is 8. The molecule has 0 atom stereocenters. The summed E-state index contributed by atoms with van der Waals surface area (Å²) in [6.07, 6.45) is 0. The first kappa shape index (κ1) is 22.4. The van der Waals surface area contributed by atoms with E-state index in [-0.39, 0.29) is 22.7 Å². The van der Waals surface area contributed by atoms with Gasteiger partial charge in [0.2, 0.25) is 0 Å². The first-order chi connectivity index (χ1) is 15.0. The highest BCUT2D eigenvalue weighted by Crippen LogP contribution is 2.36. The summed E-state index contributed by atoms with van der Waals surface area (Å²) in [5, 5.41) is 14.5. The Kier molecular flexibility index (Phi) is 7.30. The van der Waals surface area contributed by atoms with Crippen molar-refractivity contribution < 1.29 is 19.2 Å². The molecule has 1 fully saturated rings. The predicted molar refractivity (Wildman–Crippen MR) is 120 cm³/mol. The summed E-state index contributed by atoms with van der Waals surface area (Å²) in [5.74, 6) is -0.0843. The molecule has 0 saturated carbocycles. The van der Waals surface area contributed by atoms with Gasteiger partial charge in [0.15, 0.2) is 11.5 Å². The third-order valence-corrected chi connectivity index (χ3v) is 5.34. The Labute approximate surface area is 181 Å². The van der Waals surface area contributed by atoms with E-state index in [2.05, 4.69) is 22.0 Å². The van der Waals surface area contributed by atoms with Crippen molar-refractivity contribution >= 4 is 23.0 Å². The zero-order valence-corrected chi connectivity index (χ0v) is 18.1. The molecule has 0 radical (unpaired) electrons. The van der Waals surface area contributed by atoms with Crippen LogP contribution < -0.4 is 19.7 Å². The summed E-state index contributed by atoms with van der Waals surface area (Å²) in [5.41, 5.74) is 1.08. The molecule has 1 aliphatic rings. The van der Waals surface area contributed by atoms with Crippen LogP contribution in [0.15, 0.2) is 36.4 Å². The van der Waals surface area contributed by atoms with E-state index in [1.807, 2.05) is 18.2 Å². The van der Waals surface area contributed by atoms with Crippen LogP contribution in [0.4, 0.5) is 17.1 Å².